The molecule has 0 saturated carbocycles. The first kappa shape index (κ1) is 16.7. The lowest BCUT2D eigenvalue weighted by atomic mass is 10.8. The van der Waals surface area contributed by atoms with Crippen LogP contribution in [0.15, 0.2) is 0 Å². The van der Waals surface area contributed by atoms with E-state index in [4.69, 9.17) is 60.4 Å². The highest BCUT2D eigenvalue weighted by Gasteiger charge is 2.47. The fourth-order valence-corrected chi connectivity index (χ4v) is 4.27. The second-order valence-corrected chi connectivity index (χ2v) is 8.63. The molecule has 5 nitrogen and oxygen atoms in total. The maximum Gasteiger partial charge on any atom is 0.407 e. The lowest BCUT2D eigenvalue weighted by Gasteiger charge is -2.31. The van der Waals surface area contributed by atoms with Gasteiger partial charge in [-0.2, -0.15) is 0 Å². The number of rotatable bonds is 4. The van der Waals surface area contributed by atoms with Gasteiger partial charge in [0.05, 0.1) is 0 Å². The molecule has 0 aromatic carbocycles. The molecule has 0 heterocycles. The van der Waals surface area contributed by atoms with Gasteiger partial charge in [0, 0.05) is 21.3 Å². The highest BCUT2D eigenvalue weighted by atomic mass is 35.6. The standard InChI is InChI=1S/C6H11Cl3NO4PS/c1-10-5(11)14-4(6(7,8)9)15(16,12-2)13-3/h4H,1-3H3,(H,10,11). The summed E-state index contributed by atoms with van der Waals surface area (Å²) >= 11 is 22.1. The zero-order valence-electron chi connectivity index (χ0n) is 8.70. The molecule has 1 unspecified atom stereocenters. The van der Waals surface area contributed by atoms with Gasteiger partial charge in [-0.05, 0) is 11.8 Å². The van der Waals surface area contributed by atoms with E-state index >= 15 is 0 Å². The van der Waals surface area contributed by atoms with Crippen LogP contribution in [-0.2, 0) is 25.6 Å². The van der Waals surface area contributed by atoms with Crippen LogP contribution in [0.25, 0.3) is 0 Å². The summed E-state index contributed by atoms with van der Waals surface area (Å²) in [5.41, 5.74) is 0. The molecule has 0 aromatic heterocycles. The molecule has 10 heteroatoms. The van der Waals surface area contributed by atoms with Gasteiger partial charge in [0.1, 0.15) is 0 Å². The second-order valence-electron chi connectivity index (χ2n) is 2.45. The predicted molar refractivity (Wildman–Crippen MR) is 67.9 cm³/mol. The molecule has 16 heavy (non-hydrogen) atoms. The molecule has 0 fully saturated rings. The summed E-state index contributed by atoms with van der Waals surface area (Å²) in [6, 6.07) is 0. The Labute approximate surface area is 114 Å². The van der Waals surface area contributed by atoms with E-state index in [1.165, 1.54) is 21.3 Å². The lowest BCUT2D eigenvalue weighted by molar-refractivity contribution is 0.123. The van der Waals surface area contributed by atoms with Crippen LogP contribution in [0.3, 0.4) is 0 Å². The van der Waals surface area contributed by atoms with Crippen molar-refractivity contribution in [2.45, 2.75) is 9.64 Å². The first-order chi connectivity index (χ1) is 7.21. The van der Waals surface area contributed by atoms with E-state index in [2.05, 4.69) is 5.32 Å². The monoisotopic (exact) mass is 329 g/mol. The number of alkyl carbamates (subject to hydrolysis) is 1. The van der Waals surface area contributed by atoms with Gasteiger partial charge < -0.3 is 19.1 Å². The van der Waals surface area contributed by atoms with Crippen LogP contribution in [0.5, 0.6) is 0 Å². The first-order valence-corrected chi connectivity index (χ1v) is 7.71. The zero-order chi connectivity index (χ0) is 13.0. The number of carbonyl (C=O) groups excluding carboxylic acids is 1. The molecule has 0 spiro atoms. The van der Waals surface area contributed by atoms with Crippen molar-refractivity contribution >= 4 is 59.2 Å². The maximum atomic E-state index is 11.1. The maximum absolute atomic E-state index is 11.1. The van der Waals surface area contributed by atoms with Crippen molar-refractivity contribution in [3.8, 4) is 0 Å². The van der Waals surface area contributed by atoms with Crippen molar-refractivity contribution in [3.05, 3.63) is 0 Å². The number of hydrogen-bond donors (Lipinski definition) is 1. The summed E-state index contributed by atoms with van der Waals surface area (Å²) in [5.74, 6) is -1.30. The third-order valence-corrected chi connectivity index (χ3v) is 6.10. The number of carbonyl (C=O) groups is 1. The molecular formula is C6H11Cl3NO4PS. The van der Waals surface area contributed by atoms with Gasteiger partial charge in [-0.25, -0.2) is 4.79 Å². The molecule has 1 N–H and O–H groups in total. The topological polar surface area (TPSA) is 56.8 Å². The minimum atomic E-state index is -3.03. The van der Waals surface area contributed by atoms with Crippen molar-refractivity contribution in [2.75, 3.05) is 21.3 Å². The summed E-state index contributed by atoms with van der Waals surface area (Å²) < 4.78 is 12.9. The van der Waals surface area contributed by atoms with Crippen LogP contribution in [0, 0.1) is 0 Å². The Bertz CT molecular complexity index is 290. The van der Waals surface area contributed by atoms with E-state index in [0.29, 0.717) is 0 Å². The normalized spacial score (nSPS) is 14.4. The van der Waals surface area contributed by atoms with E-state index < -0.39 is 22.2 Å². The van der Waals surface area contributed by atoms with Gasteiger partial charge in [-0.3, -0.25) is 0 Å². The van der Waals surface area contributed by atoms with E-state index in [1.807, 2.05) is 0 Å². The lowest BCUT2D eigenvalue weighted by Crippen LogP contribution is -2.35. The summed E-state index contributed by atoms with van der Waals surface area (Å²) in [6.07, 6.45) is -0.792. The summed E-state index contributed by atoms with van der Waals surface area (Å²) in [6.45, 7) is -3.03. The van der Waals surface area contributed by atoms with Gasteiger partial charge in [0.2, 0.25) is 16.1 Å². The molecule has 0 aromatic rings. The van der Waals surface area contributed by atoms with Crippen LogP contribution in [0.1, 0.15) is 0 Å². The summed E-state index contributed by atoms with van der Waals surface area (Å²) in [5, 5.41) is 2.21. The fourth-order valence-electron chi connectivity index (χ4n) is 0.737. The smallest absolute Gasteiger partial charge is 0.407 e. The number of ether oxygens (including phenoxy) is 1. The number of amides is 1. The van der Waals surface area contributed by atoms with E-state index in [-0.39, 0.29) is 0 Å². The molecule has 0 aliphatic heterocycles. The molecule has 0 rings (SSSR count). The van der Waals surface area contributed by atoms with Crippen molar-refractivity contribution in [1.82, 2.24) is 5.32 Å². The SMILES string of the molecule is CNC(=O)OC(C(Cl)(Cl)Cl)P(=S)(OC)OC. The zero-order valence-corrected chi connectivity index (χ0v) is 12.7. The highest BCUT2D eigenvalue weighted by molar-refractivity contribution is 8.10. The van der Waals surface area contributed by atoms with E-state index in [1.54, 1.807) is 0 Å². The molecule has 0 radical (unpaired) electrons. The largest absolute Gasteiger partial charge is 0.431 e. The molecule has 0 bridgehead atoms. The molecule has 0 aliphatic carbocycles. The summed E-state index contributed by atoms with van der Waals surface area (Å²) in [4.78, 5) is 11.1. The van der Waals surface area contributed by atoms with Gasteiger partial charge in [-0.15, -0.1) is 0 Å². The molecule has 0 saturated heterocycles. The number of alkyl halides is 3. The van der Waals surface area contributed by atoms with Crippen LogP contribution in [0.4, 0.5) is 4.79 Å². The van der Waals surface area contributed by atoms with Crippen molar-refractivity contribution < 1.29 is 18.6 Å². The average Bonchev–Trinajstić information content (AvgIpc) is 2.22. The van der Waals surface area contributed by atoms with E-state index in [0.717, 1.165) is 0 Å². The average molecular weight is 331 g/mol. The molecule has 96 valence electrons. The fraction of sp³-hybridized carbons (Fsp3) is 0.833. The highest BCUT2D eigenvalue weighted by Crippen LogP contribution is 2.59. The Morgan fingerprint density at radius 3 is 2.06 bits per heavy atom. The van der Waals surface area contributed by atoms with Crippen molar-refractivity contribution in [1.29, 1.82) is 0 Å². The molecule has 0 aliphatic rings. The van der Waals surface area contributed by atoms with Gasteiger partial charge in [-0.1, -0.05) is 34.8 Å². The molecule has 1 amide bonds. The molecular weight excluding hydrogens is 319 g/mol. The van der Waals surface area contributed by atoms with E-state index in [9.17, 15) is 4.79 Å². The minimum absolute atomic E-state index is 0.792. The second kappa shape index (κ2) is 6.59. The number of hydrogen-bond acceptors (Lipinski definition) is 5. The first-order valence-electron chi connectivity index (χ1n) is 3.87. The summed E-state index contributed by atoms with van der Waals surface area (Å²) in [7, 11) is 3.95. The predicted octanol–water partition coefficient (Wildman–Crippen LogP) is 2.64. The van der Waals surface area contributed by atoms with Crippen LogP contribution < -0.4 is 5.32 Å². The van der Waals surface area contributed by atoms with Crippen molar-refractivity contribution in [2.24, 2.45) is 0 Å². The van der Waals surface area contributed by atoms with Gasteiger partial charge >= 0.3 is 6.09 Å². The molecule has 1 atom stereocenters. The third-order valence-electron chi connectivity index (χ3n) is 1.50. The van der Waals surface area contributed by atoms with Crippen LogP contribution in [0.2, 0.25) is 0 Å². The van der Waals surface area contributed by atoms with Gasteiger partial charge in [0.25, 0.3) is 0 Å². The Balaban J connectivity index is 5.10. The third kappa shape index (κ3) is 4.53. The van der Waals surface area contributed by atoms with Crippen molar-refractivity contribution in [3.63, 3.8) is 0 Å². The van der Waals surface area contributed by atoms with Crippen LogP contribution >= 0.6 is 41.3 Å². The Hall–Kier alpha value is 0.710. The number of halogens is 3. The Morgan fingerprint density at radius 1 is 1.38 bits per heavy atom. The quantitative estimate of drug-likeness (QED) is 0.634. The Kier molecular flexibility index (Phi) is 6.88. The minimum Gasteiger partial charge on any atom is -0.431 e. The van der Waals surface area contributed by atoms with Crippen LogP contribution in [-0.4, -0.2) is 37.0 Å². The van der Waals surface area contributed by atoms with Gasteiger partial charge in [0.15, 0.2) is 0 Å². The Morgan fingerprint density at radius 2 is 1.81 bits per heavy atom. The number of nitrogens with one attached hydrogen (secondary N) is 1.